The highest BCUT2D eigenvalue weighted by Gasteiger charge is 2.25. The number of ketones is 2. The van der Waals surface area contributed by atoms with E-state index in [0.717, 1.165) is 11.1 Å². The van der Waals surface area contributed by atoms with E-state index in [9.17, 15) is 14.4 Å². The molecule has 41 heavy (non-hydrogen) atoms. The number of carbonyl (C=O) groups excluding carboxylic acids is 2. The lowest BCUT2D eigenvalue weighted by Crippen LogP contribution is -2.32. The van der Waals surface area contributed by atoms with Crippen LogP contribution in [-0.2, 0) is 16.0 Å². The molecule has 9 heteroatoms. The van der Waals surface area contributed by atoms with Crippen LogP contribution < -0.4 is 10.3 Å². The summed E-state index contributed by atoms with van der Waals surface area (Å²) in [5.74, 6) is 0.0927. The van der Waals surface area contributed by atoms with Crippen LogP contribution in [0.1, 0.15) is 62.5 Å². The standard InChI is InChI=1S/C32H34ClN3O5/c1-6-28(37)22-9-8-21(33)17-23(22)24-18-31(39)36(19-30(24)40-5)27(11-14-41-32(2,3)4)29(38)16-20-7-10-25-26(15-20)35-13-12-34-25/h7-10,12-13,15,17-19,27H,6,11,14,16H2,1-5H3/t27-/m1/s1. The summed E-state index contributed by atoms with van der Waals surface area (Å²) in [5, 5.41) is 0.423. The summed E-state index contributed by atoms with van der Waals surface area (Å²) < 4.78 is 13.0. The fourth-order valence-corrected chi connectivity index (χ4v) is 4.86. The number of hydrogen-bond acceptors (Lipinski definition) is 7. The Bertz CT molecular complexity index is 1640. The first-order chi connectivity index (χ1) is 19.5. The highest BCUT2D eigenvalue weighted by molar-refractivity contribution is 6.31. The van der Waals surface area contributed by atoms with Gasteiger partial charge in [0.2, 0.25) is 0 Å². The van der Waals surface area contributed by atoms with Crippen molar-refractivity contribution in [3.05, 3.63) is 87.6 Å². The molecule has 0 aliphatic carbocycles. The van der Waals surface area contributed by atoms with E-state index in [1.165, 1.54) is 23.9 Å². The number of pyridine rings is 1. The van der Waals surface area contributed by atoms with Gasteiger partial charge in [-0.05, 0) is 68.7 Å². The molecule has 2 heterocycles. The topological polar surface area (TPSA) is 100 Å². The van der Waals surface area contributed by atoms with Crippen molar-refractivity contribution in [3.8, 4) is 16.9 Å². The van der Waals surface area contributed by atoms with Crippen LogP contribution in [0, 0.1) is 0 Å². The Morgan fingerprint density at radius 2 is 1.73 bits per heavy atom. The van der Waals surface area contributed by atoms with E-state index in [2.05, 4.69) is 9.97 Å². The maximum Gasteiger partial charge on any atom is 0.252 e. The van der Waals surface area contributed by atoms with E-state index in [4.69, 9.17) is 21.1 Å². The Balaban J connectivity index is 1.75. The van der Waals surface area contributed by atoms with E-state index >= 15 is 0 Å². The minimum Gasteiger partial charge on any atom is -0.495 e. The Kier molecular flexibility index (Phi) is 9.35. The maximum absolute atomic E-state index is 13.8. The zero-order valence-electron chi connectivity index (χ0n) is 23.9. The molecule has 0 aliphatic rings. The summed E-state index contributed by atoms with van der Waals surface area (Å²) in [7, 11) is 1.48. The molecule has 0 N–H and O–H groups in total. The van der Waals surface area contributed by atoms with Gasteiger partial charge in [-0.15, -0.1) is 0 Å². The second-order valence-corrected chi connectivity index (χ2v) is 11.2. The van der Waals surface area contributed by atoms with Gasteiger partial charge >= 0.3 is 0 Å². The van der Waals surface area contributed by atoms with Crippen molar-refractivity contribution >= 4 is 34.2 Å². The third-order valence-corrected chi connectivity index (χ3v) is 6.94. The molecule has 0 saturated heterocycles. The van der Waals surface area contributed by atoms with E-state index in [1.807, 2.05) is 39.0 Å². The number of benzene rings is 2. The van der Waals surface area contributed by atoms with E-state index in [1.54, 1.807) is 37.5 Å². The molecule has 0 saturated carbocycles. The lowest BCUT2D eigenvalue weighted by atomic mass is 9.95. The molecule has 8 nitrogen and oxygen atoms in total. The van der Waals surface area contributed by atoms with Crippen LogP contribution in [0.25, 0.3) is 22.2 Å². The average Bonchev–Trinajstić information content (AvgIpc) is 2.94. The van der Waals surface area contributed by atoms with Gasteiger partial charge in [0.05, 0.1) is 36.0 Å². The Morgan fingerprint density at radius 1 is 1.00 bits per heavy atom. The summed E-state index contributed by atoms with van der Waals surface area (Å²) in [6, 6.07) is 11.0. The molecule has 4 rings (SSSR count). The third kappa shape index (κ3) is 7.26. The number of aromatic nitrogens is 3. The minimum absolute atomic E-state index is 0.0876. The molecule has 214 valence electrons. The first-order valence-electron chi connectivity index (χ1n) is 13.5. The van der Waals surface area contributed by atoms with Crippen LogP contribution in [0.2, 0.25) is 5.02 Å². The van der Waals surface area contributed by atoms with Crippen molar-refractivity contribution in [2.45, 2.75) is 58.6 Å². The molecule has 4 aromatic rings. The smallest absolute Gasteiger partial charge is 0.252 e. The largest absolute Gasteiger partial charge is 0.495 e. The van der Waals surface area contributed by atoms with Crippen molar-refractivity contribution in [1.82, 2.24) is 14.5 Å². The highest BCUT2D eigenvalue weighted by Crippen LogP contribution is 2.34. The molecule has 0 fully saturated rings. The average molecular weight is 576 g/mol. The van der Waals surface area contributed by atoms with Crippen LogP contribution >= 0.6 is 11.6 Å². The van der Waals surface area contributed by atoms with Crippen LogP contribution in [-0.4, -0.2) is 45.4 Å². The molecule has 2 aromatic carbocycles. The first-order valence-corrected chi connectivity index (χ1v) is 13.9. The summed E-state index contributed by atoms with van der Waals surface area (Å²) in [6.07, 6.45) is 5.41. The predicted molar refractivity (Wildman–Crippen MR) is 160 cm³/mol. The number of carbonyl (C=O) groups is 2. The number of rotatable bonds is 11. The lowest BCUT2D eigenvalue weighted by molar-refractivity contribution is -0.122. The van der Waals surface area contributed by atoms with Crippen molar-refractivity contribution in [2.75, 3.05) is 13.7 Å². The Morgan fingerprint density at radius 3 is 2.41 bits per heavy atom. The minimum atomic E-state index is -0.818. The molecule has 2 aromatic heterocycles. The lowest BCUT2D eigenvalue weighted by Gasteiger charge is -2.24. The van der Waals surface area contributed by atoms with E-state index in [-0.39, 0.29) is 31.0 Å². The zero-order chi connectivity index (χ0) is 29.7. The van der Waals surface area contributed by atoms with Crippen molar-refractivity contribution in [2.24, 2.45) is 0 Å². The Labute approximate surface area is 244 Å². The van der Waals surface area contributed by atoms with E-state index < -0.39 is 17.2 Å². The van der Waals surface area contributed by atoms with Gasteiger partial charge in [0.15, 0.2) is 11.6 Å². The number of methoxy groups -OCH3 is 1. The normalized spacial score (nSPS) is 12.3. The van der Waals surface area contributed by atoms with Gasteiger partial charge in [-0.1, -0.05) is 24.6 Å². The fraction of sp³-hybridized carbons (Fsp3) is 0.344. The van der Waals surface area contributed by atoms with Crippen LogP contribution in [0.5, 0.6) is 5.75 Å². The molecule has 0 aliphatic heterocycles. The van der Waals surface area contributed by atoms with Crippen molar-refractivity contribution < 1.29 is 19.1 Å². The third-order valence-electron chi connectivity index (χ3n) is 6.70. The van der Waals surface area contributed by atoms with Gasteiger partial charge in [0, 0.05) is 54.1 Å². The van der Waals surface area contributed by atoms with Gasteiger partial charge in [-0.25, -0.2) is 0 Å². The first kappa shape index (κ1) is 30.1. The van der Waals surface area contributed by atoms with E-state index in [0.29, 0.717) is 39.4 Å². The molecular weight excluding hydrogens is 542 g/mol. The van der Waals surface area contributed by atoms with Crippen molar-refractivity contribution in [3.63, 3.8) is 0 Å². The van der Waals surface area contributed by atoms with Gasteiger partial charge in [-0.3, -0.25) is 24.4 Å². The SMILES string of the molecule is CCC(=O)c1ccc(Cl)cc1-c1cc(=O)n([C@H](CCOC(C)(C)C)C(=O)Cc2ccc3nccnc3c2)cc1OC. The number of Topliss-reactive ketones (excluding diaryl/α,β-unsaturated/α-hetero) is 2. The summed E-state index contributed by atoms with van der Waals surface area (Å²) >= 11 is 6.28. The van der Waals surface area contributed by atoms with Crippen molar-refractivity contribution in [1.29, 1.82) is 0 Å². The monoisotopic (exact) mass is 575 g/mol. The fourth-order valence-electron chi connectivity index (χ4n) is 4.69. The summed E-state index contributed by atoms with van der Waals surface area (Å²) in [5.41, 5.74) is 2.74. The van der Waals surface area contributed by atoms with Crippen LogP contribution in [0.4, 0.5) is 0 Å². The second kappa shape index (κ2) is 12.7. The summed E-state index contributed by atoms with van der Waals surface area (Å²) in [6.45, 7) is 7.84. The zero-order valence-corrected chi connectivity index (χ0v) is 24.7. The Hall–Kier alpha value is -3.88. The van der Waals surface area contributed by atoms with Crippen LogP contribution in [0.15, 0.2) is 65.8 Å². The van der Waals surface area contributed by atoms with Gasteiger partial charge in [0.1, 0.15) is 5.75 Å². The number of fused-ring (bicyclic) bond motifs is 1. The number of halogens is 1. The van der Waals surface area contributed by atoms with Gasteiger partial charge < -0.3 is 14.0 Å². The molecule has 0 amide bonds. The quantitative estimate of drug-likeness (QED) is 0.194. The molecule has 0 unspecified atom stereocenters. The van der Waals surface area contributed by atoms with Gasteiger partial charge in [0.25, 0.3) is 5.56 Å². The number of nitrogens with zero attached hydrogens (tertiary/aromatic N) is 3. The molecule has 0 radical (unpaired) electrons. The maximum atomic E-state index is 13.8. The number of hydrogen-bond donors (Lipinski definition) is 0. The predicted octanol–water partition coefficient (Wildman–Crippen LogP) is 6.27. The second-order valence-electron chi connectivity index (χ2n) is 10.8. The van der Waals surface area contributed by atoms with Crippen LogP contribution in [0.3, 0.4) is 0 Å². The summed E-state index contributed by atoms with van der Waals surface area (Å²) in [4.78, 5) is 48.7. The molecule has 0 spiro atoms. The highest BCUT2D eigenvalue weighted by atomic mass is 35.5. The number of ether oxygens (including phenoxy) is 2. The molecular formula is C32H34ClN3O5. The molecule has 1 atom stereocenters. The van der Waals surface area contributed by atoms with Gasteiger partial charge in [-0.2, -0.15) is 0 Å². The molecule has 0 bridgehead atoms.